The standard InChI is InChI=1S/C19H18N2O3/c1-3-14-6-10-17(11-7-14)21-18(22)13(2)24-19(23)16-8-4-15(12-20)5-9-16/h4-11,13H,3H2,1-2H3,(H,21,22). The third-order valence-corrected chi connectivity index (χ3v) is 3.53. The van der Waals surface area contributed by atoms with E-state index in [9.17, 15) is 9.59 Å². The summed E-state index contributed by atoms with van der Waals surface area (Å²) in [5.41, 5.74) is 2.57. The molecule has 5 heteroatoms. The molecule has 0 heterocycles. The molecule has 2 aromatic rings. The Hall–Kier alpha value is -3.13. The number of benzene rings is 2. The Bertz CT molecular complexity index is 759. The summed E-state index contributed by atoms with van der Waals surface area (Å²) >= 11 is 0. The Morgan fingerprint density at radius 3 is 2.29 bits per heavy atom. The molecule has 5 nitrogen and oxygen atoms in total. The molecule has 0 saturated heterocycles. The van der Waals surface area contributed by atoms with Gasteiger partial charge in [0.25, 0.3) is 5.91 Å². The molecule has 0 radical (unpaired) electrons. The summed E-state index contributed by atoms with van der Waals surface area (Å²) in [5, 5.41) is 11.4. The fourth-order valence-corrected chi connectivity index (χ4v) is 2.03. The van der Waals surface area contributed by atoms with E-state index in [1.165, 1.54) is 36.8 Å². The molecule has 0 spiro atoms. The lowest BCUT2D eigenvalue weighted by Gasteiger charge is -2.13. The van der Waals surface area contributed by atoms with Gasteiger partial charge in [0.2, 0.25) is 0 Å². The SMILES string of the molecule is CCc1ccc(NC(=O)C(C)OC(=O)c2ccc(C#N)cc2)cc1. The van der Waals surface area contributed by atoms with Gasteiger partial charge in [-0.25, -0.2) is 4.79 Å². The molecule has 0 aliphatic rings. The minimum Gasteiger partial charge on any atom is -0.449 e. The van der Waals surface area contributed by atoms with Crippen molar-refractivity contribution in [1.29, 1.82) is 5.26 Å². The predicted octanol–water partition coefficient (Wildman–Crippen LogP) is 3.30. The van der Waals surface area contributed by atoms with Crippen LogP contribution in [-0.2, 0) is 16.0 Å². The van der Waals surface area contributed by atoms with Gasteiger partial charge in [-0.05, 0) is 55.3 Å². The third-order valence-electron chi connectivity index (χ3n) is 3.53. The van der Waals surface area contributed by atoms with Crippen LogP contribution in [0.2, 0.25) is 0 Å². The number of hydrogen-bond acceptors (Lipinski definition) is 4. The van der Waals surface area contributed by atoms with Crippen LogP contribution >= 0.6 is 0 Å². The van der Waals surface area contributed by atoms with Gasteiger partial charge < -0.3 is 10.1 Å². The number of carbonyl (C=O) groups excluding carboxylic acids is 2. The van der Waals surface area contributed by atoms with E-state index in [2.05, 4.69) is 12.2 Å². The van der Waals surface area contributed by atoms with Crippen LogP contribution in [0, 0.1) is 11.3 Å². The average Bonchev–Trinajstić information content (AvgIpc) is 2.62. The van der Waals surface area contributed by atoms with Crippen LogP contribution in [-0.4, -0.2) is 18.0 Å². The molecule has 0 aliphatic heterocycles. The summed E-state index contributed by atoms with van der Waals surface area (Å²) in [6.07, 6.45) is -0.00804. The minimum atomic E-state index is -0.931. The van der Waals surface area contributed by atoms with Gasteiger partial charge in [0.1, 0.15) is 0 Å². The highest BCUT2D eigenvalue weighted by Gasteiger charge is 2.19. The van der Waals surface area contributed by atoms with Gasteiger partial charge in [0, 0.05) is 5.69 Å². The number of nitrogens with zero attached hydrogens (tertiary/aromatic N) is 1. The van der Waals surface area contributed by atoms with Crippen molar-refractivity contribution in [1.82, 2.24) is 0 Å². The molecular weight excluding hydrogens is 304 g/mol. The van der Waals surface area contributed by atoms with Crippen LogP contribution in [0.5, 0.6) is 0 Å². The van der Waals surface area contributed by atoms with Crippen molar-refractivity contribution in [3.05, 3.63) is 65.2 Å². The van der Waals surface area contributed by atoms with Crippen LogP contribution in [0.4, 0.5) is 5.69 Å². The van der Waals surface area contributed by atoms with Gasteiger partial charge in [-0.1, -0.05) is 19.1 Å². The van der Waals surface area contributed by atoms with Crippen LogP contribution in [0.15, 0.2) is 48.5 Å². The Kier molecular flexibility index (Phi) is 5.69. The summed E-state index contributed by atoms with van der Waals surface area (Å²) in [7, 11) is 0. The molecule has 1 N–H and O–H groups in total. The smallest absolute Gasteiger partial charge is 0.338 e. The number of esters is 1. The largest absolute Gasteiger partial charge is 0.449 e. The zero-order valence-electron chi connectivity index (χ0n) is 13.6. The second-order valence-electron chi connectivity index (χ2n) is 5.28. The first-order chi connectivity index (χ1) is 11.5. The number of ether oxygens (including phenoxy) is 1. The van der Waals surface area contributed by atoms with Crippen LogP contribution in [0.3, 0.4) is 0 Å². The minimum absolute atomic E-state index is 0.293. The molecule has 1 amide bonds. The summed E-state index contributed by atoms with van der Waals surface area (Å²) in [6.45, 7) is 3.57. The van der Waals surface area contributed by atoms with Crippen molar-refractivity contribution in [2.75, 3.05) is 5.32 Å². The highest BCUT2D eigenvalue weighted by Crippen LogP contribution is 2.12. The van der Waals surface area contributed by atoms with Gasteiger partial charge in [0.05, 0.1) is 17.2 Å². The molecule has 0 bridgehead atoms. The lowest BCUT2D eigenvalue weighted by molar-refractivity contribution is -0.123. The van der Waals surface area contributed by atoms with Crippen molar-refractivity contribution in [3.8, 4) is 6.07 Å². The van der Waals surface area contributed by atoms with Gasteiger partial charge >= 0.3 is 5.97 Å². The number of hydrogen-bond donors (Lipinski definition) is 1. The Labute approximate surface area is 140 Å². The van der Waals surface area contributed by atoms with Crippen molar-refractivity contribution < 1.29 is 14.3 Å². The molecule has 1 unspecified atom stereocenters. The number of carbonyl (C=O) groups is 2. The molecule has 0 aliphatic carbocycles. The molecular formula is C19H18N2O3. The normalized spacial score (nSPS) is 11.2. The Balaban J connectivity index is 1.94. The lowest BCUT2D eigenvalue weighted by atomic mass is 10.1. The van der Waals surface area contributed by atoms with E-state index in [1.54, 1.807) is 0 Å². The number of amides is 1. The molecule has 1 atom stereocenters. The van der Waals surface area contributed by atoms with Gasteiger partial charge in [0.15, 0.2) is 6.10 Å². The fourth-order valence-electron chi connectivity index (χ4n) is 2.03. The number of aryl methyl sites for hydroxylation is 1. The Morgan fingerprint density at radius 2 is 1.75 bits per heavy atom. The first-order valence-electron chi connectivity index (χ1n) is 7.64. The lowest BCUT2D eigenvalue weighted by Crippen LogP contribution is -2.30. The van der Waals surface area contributed by atoms with Crippen LogP contribution < -0.4 is 5.32 Å². The van der Waals surface area contributed by atoms with E-state index in [1.807, 2.05) is 30.3 Å². The first-order valence-corrected chi connectivity index (χ1v) is 7.64. The quantitative estimate of drug-likeness (QED) is 0.857. The monoisotopic (exact) mass is 322 g/mol. The Morgan fingerprint density at radius 1 is 1.12 bits per heavy atom. The third kappa shape index (κ3) is 4.43. The molecule has 0 aromatic heterocycles. The number of rotatable bonds is 5. The van der Waals surface area contributed by atoms with E-state index < -0.39 is 18.0 Å². The summed E-state index contributed by atoms with van der Waals surface area (Å²) in [6, 6.07) is 15.5. The van der Waals surface area contributed by atoms with E-state index in [4.69, 9.17) is 10.00 Å². The number of nitrogens with one attached hydrogen (secondary N) is 1. The van der Waals surface area contributed by atoms with Crippen molar-refractivity contribution in [3.63, 3.8) is 0 Å². The summed E-state index contributed by atoms with van der Waals surface area (Å²) < 4.78 is 5.15. The number of anilines is 1. The molecule has 122 valence electrons. The average molecular weight is 322 g/mol. The van der Waals surface area contributed by atoms with Crippen molar-refractivity contribution in [2.24, 2.45) is 0 Å². The highest BCUT2D eigenvalue weighted by molar-refractivity contribution is 5.97. The molecule has 2 rings (SSSR count). The maximum absolute atomic E-state index is 12.1. The van der Waals surface area contributed by atoms with E-state index in [0.29, 0.717) is 16.8 Å². The summed E-state index contributed by atoms with van der Waals surface area (Å²) in [4.78, 5) is 24.1. The van der Waals surface area contributed by atoms with E-state index in [0.717, 1.165) is 6.42 Å². The molecule has 2 aromatic carbocycles. The van der Waals surface area contributed by atoms with Gasteiger partial charge in [-0.15, -0.1) is 0 Å². The van der Waals surface area contributed by atoms with E-state index >= 15 is 0 Å². The second-order valence-corrected chi connectivity index (χ2v) is 5.28. The van der Waals surface area contributed by atoms with Crippen molar-refractivity contribution >= 4 is 17.6 Å². The van der Waals surface area contributed by atoms with Gasteiger partial charge in [-0.3, -0.25) is 4.79 Å². The van der Waals surface area contributed by atoms with E-state index in [-0.39, 0.29) is 0 Å². The van der Waals surface area contributed by atoms with Crippen molar-refractivity contribution in [2.45, 2.75) is 26.4 Å². The summed E-state index contributed by atoms with van der Waals surface area (Å²) in [5.74, 6) is -1.01. The van der Waals surface area contributed by atoms with Crippen LogP contribution in [0.1, 0.15) is 35.3 Å². The maximum Gasteiger partial charge on any atom is 0.338 e. The topological polar surface area (TPSA) is 79.2 Å². The molecule has 24 heavy (non-hydrogen) atoms. The zero-order chi connectivity index (χ0) is 17.5. The van der Waals surface area contributed by atoms with Crippen LogP contribution in [0.25, 0.3) is 0 Å². The maximum atomic E-state index is 12.1. The molecule has 0 fully saturated rings. The number of nitriles is 1. The highest BCUT2D eigenvalue weighted by atomic mass is 16.5. The second kappa shape index (κ2) is 7.93. The fraction of sp³-hybridized carbons (Fsp3) is 0.211. The zero-order valence-corrected chi connectivity index (χ0v) is 13.6. The first kappa shape index (κ1) is 17.2. The predicted molar refractivity (Wildman–Crippen MR) is 90.5 cm³/mol. The van der Waals surface area contributed by atoms with Gasteiger partial charge in [-0.2, -0.15) is 5.26 Å². The molecule has 0 saturated carbocycles.